The van der Waals surface area contributed by atoms with Gasteiger partial charge in [-0.1, -0.05) is 11.3 Å². The second-order valence-electron chi connectivity index (χ2n) is 6.29. The molecule has 0 spiro atoms. The third-order valence-electron chi connectivity index (χ3n) is 4.28. The van der Waals surface area contributed by atoms with Gasteiger partial charge in [-0.3, -0.25) is 4.79 Å². The van der Waals surface area contributed by atoms with Crippen molar-refractivity contribution >= 4 is 11.5 Å². The van der Waals surface area contributed by atoms with Crippen LogP contribution in [0.2, 0.25) is 0 Å². The van der Waals surface area contributed by atoms with Crippen LogP contribution in [0, 0.1) is 6.92 Å². The van der Waals surface area contributed by atoms with Crippen LogP contribution in [0.15, 0.2) is 24.7 Å². The summed E-state index contributed by atoms with van der Waals surface area (Å²) in [5.41, 5.74) is 3.86. The Labute approximate surface area is 136 Å². The number of aryl methyl sites for hydroxylation is 1. The average Bonchev–Trinajstić information content (AvgIpc) is 3.10. The molecule has 3 rings (SSSR count). The van der Waals surface area contributed by atoms with Crippen LogP contribution in [-0.4, -0.2) is 43.9 Å². The van der Waals surface area contributed by atoms with Crippen LogP contribution >= 0.6 is 0 Å². The predicted molar refractivity (Wildman–Crippen MR) is 89.1 cm³/mol. The highest BCUT2D eigenvalue weighted by atomic mass is 16.2. The normalized spacial score (nSPS) is 15.7. The van der Waals surface area contributed by atoms with Crippen LogP contribution in [0.3, 0.4) is 0 Å². The van der Waals surface area contributed by atoms with E-state index in [1.807, 2.05) is 28.9 Å². The number of H-pyrrole nitrogens is 1. The van der Waals surface area contributed by atoms with E-state index in [1.54, 1.807) is 6.20 Å². The van der Waals surface area contributed by atoms with Crippen molar-refractivity contribution in [3.63, 3.8) is 0 Å². The van der Waals surface area contributed by atoms with E-state index in [-0.39, 0.29) is 5.91 Å². The molecule has 0 aromatic carbocycles. The van der Waals surface area contributed by atoms with Crippen LogP contribution in [0.5, 0.6) is 0 Å². The summed E-state index contributed by atoms with van der Waals surface area (Å²) in [5.74, 6) is 0.101. The van der Waals surface area contributed by atoms with Gasteiger partial charge in [0.1, 0.15) is 5.69 Å². The third kappa shape index (κ3) is 3.21. The maximum absolute atomic E-state index is 12.6. The molecule has 2 aromatic heterocycles. The molecule has 1 aliphatic heterocycles. The van der Waals surface area contributed by atoms with Gasteiger partial charge in [-0.15, -0.1) is 5.10 Å². The molecule has 0 unspecified atom stereocenters. The Bertz CT molecular complexity index is 725. The van der Waals surface area contributed by atoms with Gasteiger partial charge in [0.05, 0.1) is 11.8 Å². The average molecular weight is 313 g/mol. The highest BCUT2D eigenvalue weighted by molar-refractivity contribution is 5.95. The zero-order chi connectivity index (χ0) is 16.4. The molecule has 1 N–H and O–H groups in total. The molecule has 6 heteroatoms. The van der Waals surface area contributed by atoms with Crippen LogP contribution in [0.1, 0.15) is 54.3 Å². The minimum Gasteiger partial charge on any atom is -0.367 e. The fourth-order valence-corrected chi connectivity index (χ4v) is 2.82. The Morgan fingerprint density at radius 3 is 2.78 bits per heavy atom. The number of amides is 1. The molecule has 2 aromatic rings. The zero-order valence-corrected chi connectivity index (χ0v) is 13.9. The van der Waals surface area contributed by atoms with E-state index in [4.69, 9.17) is 0 Å². The van der Waals surface area contributed by atoms with Crippen LogP contribution in [0.4, 0.5) is 0 Å². The van der Waals surface area contributed by atoms with E-state index < -0.39 is 0 Å². The molecular formula is C17H23N5O. The maximum atomic E-state index is 12.6. The van der Waals surface area contributed by atoms with Gasteiger partial charge in [-0.2, -0.15) is 0 Å². The van der Waals surface area contributed by atoms with E-state index in [2.05, 4.69) is 35.2 Å². The molecule has 1 aliphatic rings. The lowest BCUT2D eigenvalue weighted by Crippen LogP contribution is -2.32. The molecule has 0 saturated carbocycles. The first-order valence-corrected chi connectivity index (χ1v) is 8.10. The van der Waals surface area contributed by atoms with Crippen molar-refractivity contribution in [3.05, 3.63) is 41.5 Å². The first-order chi connectivity index (χ1) is 11.1. The van der Waals surface area contributed by atoms with Gasteiger partial charge in [0, 0.05) is 31.5 Å². The molecule has 6 nitrogen and oxygen atoms in total. The first kappa shape index (κ1) is 15.5. The van der Waals surface area contributed by atoms with Crippen molar-refractivity contribution in [1.82, 2.24) is 24.9 Å². The minimum absolute atomic E-state index is 0.101. The number of rotatable bonds is 3. The molecule has 0 aliphatic carbocycles. The van der Waals surface area contributed by atoms with Crippen molar-refractivity contribution < 1.29 is 4.79 Å². The second kappa shape index (κ2) is 6.40. The van der Waals surface area contributed by atoms with Crippen molar-refractivity contribution in [2.75, 3.05) is 13.1 Å². The summed E-state index contributed by atoms with van der Waals surface area (Å²) in [6.45, 7) is 7.57. The number of nitrogens with one attached hydrogen (secondary N) is 1. The lowest BCUT2D eigenvalue weighted by atomic mass is 10.1. The Kier molecular flexibility index (Phi) is 4.32. The topological polar surface area (TPSA) is 66.8 Å². The number of hydrogen-bond acceptors (Lipinski definition) is 3. The molecule has 3 heterocycles. The molecule has 122 valence electrons. The Hall–Kier alpha value is -2.37. The molecule has 0 atom stereocenters. The van der Waals surface area contributed by atoms with Gasteiger partial charge in [-0.25, -0.2) is 4.68 Å². The summed E-state index contributed by atoms with van der Waals surface area (Å²) < 4.78 is 1.87. The summed E-state index contributed by atoms with van der Waals surface area (Å²) >= 11 is 0. The summed E-state index contributed by atoms with van der Waals surface area (Å²) in [6.07, 6.45) is 9.48. The summed E-state index contributed by atoms with van der Waals surface area (Å²) in [4.78, 5) is 17.5. The smallest absolute Gasteiger partial charge is 0.255 e. The van der Waals surface area contributed by atoms with E-state index in [0.29, 0.717) is 12.6 Å². The van der Waals surface area contributed by atoms with E-state index in [9.17, 15) is 4.79 Å². The number of aromatic nitrogens is 4. The highest BCUT2D eigenvalue weighted by Gasteiger charge is 2.21. The largest absolute Gasteiger partial charge is 0.367 e. The molecule has 0 fully saturated rings. The molecular weight excluding hydrogens is 290 g/mol. The van der Waals surface area contributed by atoms with Crippen molar-refractivity contribution in [2.24, 2.45) is 0 Å². The Balaban J connectivity index is 1.69. The quantitative estimate of drug-likeness (QED) is 0.947. The van der Waals surface area contributed by atoms with Gasteiger partial charge in [0.2, 0.25) is 0 Å². The number of carbonyl (C=O) groups is 1. The predicted octanol–water partition coefficient (Wildman–Crippen LogP) is 2.82. The van der Waals surface area contributed by atoms with Crippen LogP contribution < -0.4 is 0 Å². The summed E-state index contributed by atoms with van der Waals surface area (Å²) in [7, 11) is 0. The number of hydrogen-bond donors (Lipinski definition) is 1. The van der Waals surface area contributed by atoms with Gasteiger partial charge < -0.3 is 9.88 Å². The molecule has 1 amide bonds. The van der Waals surface area contributed by atoms with Gasteiger partial charge >= 0.3 is 0 Å². The zero-order valence-electron chi connectivity index (χ0n) is 13.9. The molecule has 0 bridgehead atoms. The SMILES string of the molecule is Cc1c[nH]cc1C(=O)N1CCC=C(c2cn(C(C)C)nn2)CC1. The molecule has 0 radical (unpaired) electrons. The van der Waals surface area contributed by atoms with Crippen molar-refractivity contribution in [2.45, 2.75) is 39.7 Å². The Morgan fingerprint density at radius 2 is 2.13 bits per heavy atom. The number of nitrogens with zero attached hydrogens (tertiary/aromatic N) is 4. The van der Waals surface area contributed by atoms with Gasteiger partial charge in [-0.05, 0) is 44.7 Å². The lowest BCUT2D eigenvalue weighted by Gasteiger charge is -2.20. The van der Waals surface area contributed by atoms with Crippen LogP contribution in [0.25, 0.3) is 5.57 Å². The van der Waals surface area contributed by atoms with E-state index in [0.717, 1.165) is 36.2 Å². The standard InChI is InChI=1S/C17H23N5O/c1-12(2)22-11-16(19-20-22)14-5-4-7-21(8-6-14)17(23)15-10-18-9-13(15)3/h5,9-12,18H,4,6-8H2,1-3H3. The molecule has 23 heavy (non-hydrogen) atoms. The second-order valence-corrected chi connectivity index (χ2v) is 6.29. The fraction of sp³-hybridized carbons (Fsp3) is 0.471. The molecule has 0 saturated heterocycles. The maximum Gasteiger partial charge on any atom is 0.255 e. The minimum atomic E-state index is 0.101. The lowest BCUT2D eigenvalue weighted by molar-refractivity contribution is 0.0764. The number of carbonyl (C=O) groups excluding carboxylic acids is 1. The third-order valence-corrected chi connectivity index (χ3v) is 4.28. The van der Waals surface area contributed by atoms with E-state index in [1.165, 1.54) is 5.57 Å². The van der Waals surface area contributed by atoms with Crippen molar-refractivity contribution in [3.8, 4) is 0 Å². The van der Waals surface area contributed by atoms with Crippen LogP contribution in [-0.2, 0) is 0 Å². The van der Waals surface area contributed by atoms with Gasteiger partial charge in [0.25, 0.3) is 5.91 Å². The first-order valence-electron chi connectivity index (χ1n) is 8.10. The van der Waals surface area contributed by atoms with Crippen molar-refractivity contribution in [1.29, 1.82) is 0 Å². The number of aromatic amines is 1. The Morgan fingerprint density at radius 1 is 1.30 bits per heavy atom. The van der Waals surface area contributed by atoms with E-state index >= 15 is 0 Å². The summed E-state index contributed by atoms with van der Waals surface area (Å²) in [6, 6.07) is 0.303. The summed E-state index contributed by atoms with van der Waals surface area (Å²) in [5, 5.41) is 8.44. The monoisotopic (exact) mass is 313 g/mol. The van der Waals surface area contributed by atoms with Gasteiger partial charge in [0.15, 0.2) is 0 Å². The highest BCUT2D eigenvalue weighted by Crippen LogP contribution is 2.22. The fourth-order valence-electron chi connectivity index (χ4n) is 2.82.